The molecule has 0 aromatic carbocycles. The van der Waals surface area contributed by atoms with Crippen molar-refractivity contribution in [1.82, 2.24) is 0 Å². The van der Waals surface area contributed by atoms with E-state index in [0.29, 0.717) is 0 Å². The average molecular weight is 182 g/mol. The number of hydrogen-bond acceptors (Lipinski definition) is 0. The maximum atomic E-state index is 3.47. The molecule has 45 valence electrons. The van der Waals surface area contributed by atoms with E-state index in [0.717, 1.165) is 4.31 Å². The summed E-state index contributed by atoms with van der Waals surface area (Å²) < 4.78 is 0.842. The summed E-state index contributed by atoms with van der Waals surface area (Å²) in [5.74, 6) is 8.77. The molecule has 9 heavy (non-hydrogen) atoms. The average Bonchev–Trinajstić information content (AvgIpc) is 1.88. The van der Waals surface area contributed by atoms with Gasteiger partial charge in [-0.25, -0.2) is 0 Å². The predicted octanol–water partition coefficient (Wildman–Crippen LogP) is 0.695. The summed E-state index contributed by atoms with van der Waals surface area (Å²) in [6.07, 6.45) is 0. The summed E-state index contributed by atoms with van der Waals surface area (Å²) in [6.45, 7) is 0. The molecule has 0 amide bonds. The van der Waals surface area contributed by atoms with E-state index in [2.05, 4.69) is 16.0 Å². The van der Waals surface area contributed by atoms with Gasteiger partial charge in [0.05, 0.1) is 0 Å². The molecule has 0 heterocycles. The summed E-state index contributed by atoms with van der Waals surface area (Å²) in [5.41, 5.74) is 0. The van der Waals surface area contributed by atoms with Crippen molar-refractivity contribution < 1.29 is 0 Å². The Morgan fingerprint density at radius 1 is 0.778 bits per heavy atom. The Kier molecular flexibility index (Phi) is 0.267. The Labute approximate surface area is 62.2 Å². The zero-order chi connectivity index (χ0) is 5.54. The van der Waals surface area contributed by atoms with Crippen LogP contribution in [0.1, 0.15) is 0 Å². The topological polar surface area (TPSA) is 0 Å². The second-order valence-corrected chi connectivity index (χ2v) is 6.22. The Bertz CT molecular complexity index is 206. The fourth-order valence-electron chi connectivity index (χ4n) is 5.33. The first-order valence-electron chi connectivity index (χ1n) is 4.07. The molecular weight excluding hydrogens is 175 g/mol. The van der Waals surface area contributed by atoms with Gasteiger partial charge in [0.2, 0.25) is 0 Å². The molecule has 1 heteroatoms. The molecule has 0 bridgehead atoms. The van der Waals surface area contributed by atoms with Crippen molar-refractivity contribution in [2.75, 3.05) is 0 Å². The van der Waals surface area contributed by atoms with Crippen LogP contribution in [0.5, 0.6) is 0 Å². The van der Waals surface area contributed by atoms with Crippen LogP contribution in [0, 0.1) is 41.4 Å². The van der Waals surface area contributed by atoms with E-state index in [4.69, 9.17) is 0 Å². The van der Waals surface area contributed by atoms with Crippen LogP contribution >= 0.6 is 0 Å². The summed E-state index contributed by atoms with van der Waals surface area (Å²) in [6, 6.07) is 0. The second-order valence-electron chi connectivity index (χ2n) is 4.74. The second kappa shape index (κ2) is 0.636. The Morgan fingerprint density at radius 2 is 1.22 bits per heavy atom. The molecule has 6 rings (SSSR count). The van der Waals surface area contributed by atoms with Gasteiger partial charge in [-0.2, -0.15) is 0 Å². The van der Waals surface area contributed by atoms with Gasteiger partial charge in [0.1, 0.15) is 0 Å². The molecule has 0 N–H and O–H groups in total. The van der Waals surface area contributed by atoms with Crippen LogP contribution in [0.15, 0.2) is 0 Å². The molecule has 0 aromatic rings. The fourth-order valence-corrected chi connectivity index (χ4v) is 7.30. The summed E-state index contributed by atoms with van der Waals surface area (Å²) in [5, 5.41) is 0. The first kappa shape index (κ1) is 3.78. The van der Waals surface area contributed by atoms with Crippen LogP contribution in [-0.2, 0) is 0 Å². The van der Waals surface area contributed by atoms with Crippen LogP contribution in [0.3, 0.4) is 0 Å². The zero-order valence-electron chi connectivity index (χ0n) is 4.95. The standard InChI is InChI=1S/C8H7Se/c9-8-5-2-1-3(5)7(8)4(1)6(2)8/h1-7H. The fraction of sp³-hybridized carbons (Fsp3) is 1.00. The van der Waals surface area contributed by atoms with Gasteiger partial charge in [-0.1, -0.05) is 0 Å². The van der Waals surface area contributed by atoms with Gasteiger partial charge >= 0.3 is 61.8 Å². The van der Waals surface area contributed by atoms with Crippen molar-refractivity contribution in [2.45, 2.75) is 4.31 Å². The van der Waals surface area contributed by atoms with Crippen molar-refractivity contribution in [3.8, 4) is 0 Å². The molecule has 0 atom stereocenters. The van der Waals surface area contributed by atoms with Crippen molar-refractivity contribution >= 4 is 16.0 Å². The van der Waals surface area contributed by atoms with Gasteiger partial charge in [0.25, 0.3) is 0 Å². The van der Waals surface area contributed by atoms with Crippen LogP contribution in [-0.4, -0.2) is 16.0 Å². The van der Waals surface area contributed by atoms with E-state index in [1.54, 1.807) is 0 Å². The van der Waals surface area contributed by atoms with Crippen molar-refractivity contribution in [3.63, 3.8) is 0 Å². The van der Waals surface area contributed by atoms with E-state index in [9.17, 15) is 0 Å². The molecule has 0 nitrogen and oxygen atoms in total. The monoisotopic (exact) mass is 183 g/mol. The number of hydrogen-bond donors (Lipinski definition) is 0. The third-order valence-corrected chi connectivity index (χ3v) is 7.10. The minimum atomic E-state index is 0.842. The molecular formula is C8H7Se. The Morgan fingerprint density at radius 3 is 1.44 bits per heavy atom. The summed E-state index contributed by atoms with van der Waals surface area (Å²) in [7, 11) is 0. The molecule has 6 saturated carbocycles. The summed E-state index contributed by atoms with van der Waals surface area (Å²) >= 11 is 3.47. The van der Waals surface area contributed by atoms with Crippen LogP contribution < -0.4 is 0 Å². The zero-order valence-corrected chi connectivity index (χ0v) is 6.66. The SMILES string of the molecule is [Se]C12C3C4C5C3C1C5C42. The maximum absolute atomic E-state index is 3.47. The van der Waals surface area contributed by atoms with E-state index in [1.165, 1.54) is 41.4 Å². The van der Waals surface area contributed by atoms with Crippen molar-refractivity contribution in [1.29, 1.82) is 0 Å². The van der Waals surface area contributed by atoms with E-state index >= 15 is 0 Å². The molecule has 6 aliphatic carbocycles. The van der Waals surface area contributed by atoms with Gasteiger partial charge in [-0.05, 0) is 0 Å². The molecule has 0 spiro atoms. The van der Waals surface area contributed by atoms with Gasteiger partial charge in [-0.3, -0.25) is 0 Å². The molecule has 0 saturated heterocycles. The molecule has 1 radical (unpaired) electrons. The predicted molar refractivity (Wildman–Crippen MR) is 32.9 cm³/mol. The summed E-state index contributed by atoms with van der Waals surface area (Å²) in [4.78, 5) is 0. The van der Waals surface area contributed by atoms with Crippen LogP contribution in [0.2, 0.25) is 4.31 Å². The van der Waals surface area contributed by atoms with Crippen molar-refractivity contribution in [3.05, 3.63) is 0 Å². The first-order valence-corrected chi connectivity index (χ1v) is 4.93. The number of rotatable bonds is 0. The third kappa shape index (κ3) is 0.122. The normalized spacial score (nSPS) is 106. The molecule has 6 fully saturated rings. The Balaban J connectivity index is 1.93. The molecule has 0 unspecified atom stereocenters. The molecule has 0 aromatic heterocycles. The Hall–Kier alpha value is 0.519. The molecule has 0 aliphatic heterocycles. The van der Waals surface area contributed by atoms with Gasteiger partial charge in [0, 0.05) is 0 Å². The van der Waals surface area contributed by atoms with E-state index < -0.39 is 0 Å². The van der Waals surface area contributed by atoms with Gasteiger partial charge in [0.15, 0.2) is 0 Å². The quantitative estimate of drug-likeness (QED) is 0.483. The van der Waals surface area contributed by atoms with E-state index in [-0.39, 0.29) is 0 Å². The molecule has 6 aliphatic rings. The minimum absolute atomic E-state index is 0.842. The van der Waals surface area contributed by atoms with Crippen molar-refractivity contribution in [2.24, 2.45) is 41.4 Å². The first-order chi connectivity index (χ1) is 4.37. The van der Waals surface area contributed by atoms with E-state index in [1.807, 2.05) is 0 Å². The third-order valence-electron chi connectivity index (χ3n) is 5.38. The van der Waals surface area contributed by atoms with Gasteiger partial charge in [-0.15, -0.1) is 0 Å². The van der Waals surface area contributed by atoms with Crippen LogP contribution in [0.4, 0.5) is 0 Å². The van der Waals surface area contributed by atoms with Gasteiger partial charge < -0.3 is 0 Å². The van der Waals surface area contributed by atoms with Crippen LogP contribution in [0.25, 0.3) is 0 Å².